The number of nitrogens with zero attached hydrogens (tertiary/aromatic N) is 1. The normalized spacial score (nSPS) is 20.6. The van der Waals surface area contributed by atoms with Crippen LogP contribution >= 0.6 is 0 Å². The number of hydrogen-bond donors (Lipinski definition) is 1. The lowest BCUT2D eigenvalue weighted by molar-refractivity contribution is -0.150. The second kappa shape index (κ2) is 7.24. The molecule has 1 rings (SSSR count). The van der Waals surface area contributed by atoms with Crippen molar-refractivity contribution in [2.75, 3.05) is 33.5 Å². The largest absolute Gasteiger partial charge is 0.481 e. The Labute approximate surface area is 100 Å². The van der Waals surface area contributed by atoms with E-state index in [0.717, 1.165) is 6.42 Å². The zero-order valence-electron chi connectivity index (χ0n) is 10.1. The van der Waals surface area contributed by atoms with Gasteiger partial charge in [0.15, 0.2) is 0 Å². The number of rotatable bonds is 7. The van der Waals surface area contributed by atoms with Crippen molar-refractivity contribution in [3.05, 3.63) is 0 Å². The number of carboxylic acids is 1. The number of carboxylic acid groups (broad SMARTS) is 1. The van der Waals surface area contributed by atoms with Gasteiger partial charge in [-0.1, -0.05) is 0 Å². The lowest BCUT2D eigenvalue weighted by Crippen LogP contribution is -2.50. The number of morpholine rings is 1. The van der Waals surface area contributed by atoms with Crippen molar-refractivity contribution in [1.82, 2.24) is 4.90 Å². The fourth-order valence-corrected chi connectivity index (χ4v) is 1.87. The summed E-state index contributed by atoms with van der Waals surface area (Å²) >= 11 is 0. The molecule has 1 unspecified atom stereocenters. The maximum Gasteiger partial charge on any atom is 0.303 e. The second-order valence-corrected chi connectivity index (χ2v) is 4.03. The fraction of sp³-hybridized carbons (Fsp3) is 0.818. The molecular formula is C11H19NO5. The van der Waals surface area contributed by atoms with Gasteiger partial charge in [-0.2, -0.15) is 0 Å². The maximum atomic E-state index is 11.7. The minimum atomic E-state index is -0.847. The standard InChI is InChI=1S/C11H19NO5/c1-16-6-2-5-12-9(3-4-11(14)15)7-17-8-10(12)13/h9H,2-8H2,1H3,(H,14,15). The zero-order valence-corrected chi connectivity index (χ0v) is 10.1. The van der Waals surface area contributed by atoms with E-state index in [1.807, 2.05) is 0 Å². The highest BCUT2D eigenvalue weighted by Crippen LogP contribution is 2.14. The van der Waals surface area contributed by atoms with Crippen LogP contribution in [0.5, 0.6) is 0 Å². The number of amides is 1. The van der Waals surface area contributed by atoms with E-state index in [1.54, 1.807) is 12.0 Å². The van der Waals surface area contributed by atoms with Gasteiger partial charge in [-0.15, -0.1) is 0 Å². The molecular weight excluding hydrogens is 226 g/mol. The smallest absolute Gasteiger partial charge is 0.303 e. The molecule has 98 valence electrons. The molecule has 0 bridgehead atoms. The first-order chi connectivity index (χ1) is 8.15. The third-order valence-corrected chi connectivity index (χ3v) is 2.74. The Kier molecular flexibility index (Phi) is 5.93. The molecule has 1 fully saturated rings. The topological polar surface area (TPSA) is 76.1 Å². The summed E-state index contributed by atoms with van der Waals surface area (Å²) in [5, 5.41) is 8.65. The molecule has 1 amide bonds. The summed E-state index contributed by atoms with van der Waals surface area (Å²) in [5.41, 5.74) is 0. The van der Waals surface area contributed by atoms with Crippen molar-refractivity contribution in [2.24, 2.45) is 0 Å². The number of methoxy groups -OCH3 is 1. The first-order valence-electron chi connectivity index (χ1n) is 5.73. The van der Waals surface area contributed by atoms with E-state index < -0.39 is 5.97 Å². The van der Waals surface area contributed by atoms with Gasteiger partial charge in [0.05, 0.1) is 12.6 Å². The van der Waals surface area contributed by atoms with Crippen molar-refractivity contribution in [2.45, 2.75) is 25.3 Å². The molecule has 6 nitrogen and oxygen atoms in total. The first-order valence-corrected chi connectivity index (χ1v) is 5.73. The maximum absolute atomic E-state index is 11.7. The summed E-state index contributed by atoms with van der Waals surface area (Å²) in [6, 6.07) is -0.121. The van der Waals surface area contributed by atoms with Crippen LogP contribution < -0.4 is 0 Å². The Hall–Kier alpha value is -1.14. The minimum absolute atomic E-state index is 0.0576. The summed E-state index contributed by atoms with van der Waals surface area (Å²) in [7, 11) is 1.61. The van der Waals surface area contributed by atoms with Crippen LogP contribution in [0.15, 0.2) is 0 Å². The molecule has 1 saturated heterocycles. The van der Waals surface area contributed by atoms with E-state index in [9.17, 15) is 9.59 Å². The monoisotopic (exact) mass is 245 g/mol. The van der Waals surface area contributed by atoms with Gasteiger partial charge in [-0.3, -0.25) is 9.59 Å². The van der Waals surface area contributed by atoms with Crippen LogP contribution in [0.25, 0.3) is 0 Å². The predicted octanol–water partition coefficient (Wildman–Crippen LogP) is 0.115. The van der Waals surface area contributed by atoms with E-state index in [-0.39, 0.29) is 25.0 Å². The lowest BCUT2D eigenvalue weighted by atomic mass is 10.1. The molecule has 6 heteroatoms. The van der Waals surface area contributed by atoms with E-state index in [0.29, 0.717) is 26.2 Å². The van der Waals surface area contributed by atoms with Gasteiger partial charge >= 0.3 is 5.97 Å². The molecule has 0 spiro atoms. The average Bonchev–Trinajstić information content (AvgIpc) is 2.29. The van der Waals surface area contributed by atoms with Gasteiger partial charge in [-0.25, -0.2) is 0 Å². The first kappa shape index (κ1) is 13.9. The van der Waals surface area contributed by atoms with Gasteiger partial charge in [0.1, 0.15) is 6.61 Å². The summed E-state index contributed by atoms with van der Waals surface area (Å²) in [6.07, 6.45) is 1.25. The third-order valence-electron chi connectivity index (χ3n) is 2.74. The Bertz CT molecular complexity index is 269. The molecule has 1 N–H and O–H groups in total. The number of carbonyl (C=O) groups excluding carboxylic acids is 1. The number of ether oxygens (including phenoxy) is 2. The quantitative estimate of drug-likeness (QED) is 0.644. The molecule has 17 heavy (non-hydrogen) atoms. The fourth-order valence-electron chi connectivity index (χ4n) is 1.87. The van der Waals surface area contributed by atoms with Crippen LogP contribution in [0.2, 0.25) is 0 Å². The second-order valence-electron chi connectivity index (χ2n) is 4.03. The summed E-state index contributed by atoms with van der Waals surface area (Å²) in [4.78, 5) is 23.9. The van der Waals surface area contributed by atoms with Crippen molar-refractivity contribution >= 4 is 11.9 Å². The molecule has 0 aromatic rings. The van der Waals surface area contributed by atoms with Gasteiger partial charge < -0.3 is 19.5 Å². The minimum Gasteiger partial charge on any atom is -0.481 e. The molecule has 0 aliphatic carbocycles. The molecule has 0 radical (unpaired) electrons. The third kappa shape index (κ3) is 4.70. The van der Waals surface area contributed by atoms with Crippen molar-refractivity contribution in [3.63, 3.8) is 0 Å². The van der Waals surface area contributed by atoms with Crippen molar-refractivity contribution < 1.29 is 24.2 Å². The predicted molar refractivity (Wildman–Crippen MR) is 59.7 cm³/mol. The Balaban J connectivity index is 2.45. The van der Waals surface area contributed by atoms with E-state index in [1.165, 1.54) is 0 Å². The van der Waals surface area contributed by atoms with Crippen LogP contribution in [0.1, 0.15) is 19.3 Å². The van der Waals surface area contributed by atoms with Crippen molar-refractivity contribution in [1.29, 1.82) is 0 Å². The Morgan fingerprint density at radius 3 is 3.06 bits per heavy atom. The molecule has 1 aliphatic heterocycles. The molecule has 1 heterocycles. The van der Waals surface area contributed by atoms with Crippen molar-refractivity contribution in [3.8, 4) is 0 Å². The Morgan fingerprint density at radius 1 is 1.65 bits per heavy atom. The zero-order chi connectivity index (χ0) is 12.7. The summed E-state index contributed by atoms with van der Waals surface area (Å²) in [6.45, 7) is 1.71. The van der Waals surface area contributed by atoms with Gasteiger partial charge in [-0.05, 0) is 12.8 Å². The summed E-state index contributed by atoms with van der Waals surface area (Å²) < 4.78 is 10.1. The highest BCUT2D eigenvalue weighted by Gasteiger charge is 2.28. The van der Waals surface area contributed by atoms with Gasteiger partial charge in [0.25, 0.3) is 0 Å². The average molecular weight is 245 g/mol. The molecule has 1 aliphatic rings. The number of aliphatic carboxylic acids is 1. The summed E-state index contributed by atoms with van der Waals surface area (Å²) in [5.74, 6) is -0.914. The van der Waals surface area contributed by atoms with Crippen LogP contribution in [0.3, 0.4) is 0 Å². The highest BCUT2D eigenvalue weighted by atomic mass is 16.5. The van der Waals surface area contributed by atoms with Crippen LogP contribution in [-0.2, 0) is 19.1 Å². The molecule has 1 atom stereocenters. The van der Waals surface area contributed by atoms with E-state index in [4.69, 9.17) is 14.6 Å². The molecule has 0 aromatic carbocycles. The SMILES string of the molecule is COCCCN1C(=O)COCC1CCC(=O)O. The van der Waals surface area contributed by atoms with Crippen LogP contribution in [-0.4, -0.2) is 61.4 Å². The Morgan fingerprint density at radius 2 is 2.41 bits per heavy atom. The van der Waals surface area contributed by atoms with E-state index >= 15 is 0 Å². The van der Waals surface area contributed by atoms with Crippen LogP contribution in [0, 0.1) is 0 Å². The van der Waals surface area contributed by atoms with Gasteiger partial charge in [0.2, 0.25) is 5.91 Å². The number of carbonyl (C=O) groups is 2. The van der Waals surface area contributed by atoms with E-state index in [2.05, 4.69) is 0 Å². The lowest BCUT2D eigenvalue weighted by Gasteiger charge is -2.35. The highest BCUT2D eigenvalue weighted by molar-refractivity contribution is 5.78. The molecule has 0 saturated carbocycles. The number of hydrogen-bond acceptors (Lipinski definition) is 4. The van der Waals surface area contributed by atoms with Crippen LogP contribution in [0.4, 0.5) is 0 Å². The van der Waals surface area contributed by atoms with Gasteiger partial charge in [0, 0.05) is 26.7 Å². The molecule has 0 aromatic heterocycles.